The van der Waals surface area contributed by atoms with Crippen LogP contribution in [0.2, 0.25) is 0 Å². The molecule has 0 aliphatic carbocycles. The minimum absolute atomic E-state index is 0.0359. The van der Waals surface area contributed by atoms with Crippen LogP contribution in [0.1, 0.15) is 36.5 Å². The summed E-state index contributed by atoms with van der Waals surface area (Å²) in [6, 6.07) is 6.42. The van der Waals surface area contributed by atoms with E-state index in [0.29, 0.717) is 45.0 Å². The number of hydrogen-bond donors (Lipinski definition) is 0. The normalized spacial score (nSPS) is 15.3. The molecule has 11 heteroatoms. The van der Waals surface area contributed by atoms with Crippen molar-refractivity contribution in [2.24, 2.45) is 0 Å². The molecule has 2 aromatic rings. The minimum atomic E-state index is -3.30. The maximum absolute atomic E-state index is 12.5. The largest absolute Gasteiger partial charge is 0.378 e. The quantitative estimate of drug-likeness (QED) is 0.432. The Balaban J connectivity index is 1.91. The molecular weight excluding hydrogens is 434 g/mol. The van der Waals surface area contributed by atoms with Crippen LogP contribution in [-0.4, -0.2) is 66.2 Å². The van der Waals surface area contributed by atoms with Gasteiger partial charge in [0.1, 0.15) is 11.6 Å². The molecule has 0 saturated carbocycles. The van der Waals surface area contributed by atoms with Gasteiger partial charge in [-0.2, -0.15) is 4.31 Å². The lowest BCUT2D eigenvalue weighted by Crippen LogP contribution is -2.51. The second-order valence-electron chi connectivity index (χ2n) is 8.03. The van der Waals surface area contributed by atoms with E-state index < -0.39 is 20.2 Å². The van der Waals surface area contributed by atoms with Crippen molar-refractivity contribution < 1.29 is 18.1 Å². The Hall–Kier alpha value is -2.63. The number of sulfonamides is 1. The van der Waals surface area contributed by atoms with Gasteiger partial charge in [0.05, 0.1) is 22.5 Å². The lowest BCUT2D eigenvalue weighted by atomic mass is 10.0. The van der Waals surface area contributed by atoms with E-state index in [0.717, 1.165) is 22.6 Å². The van der Waals surface area contributed by atoms with Crippen LogP contribution in [0.5, 0.6) is 0 Å². The molecule has 0 atom stereocenters. The van der Waals surface area contributed by atoms with E-state index in [2.05, 4.69) is 14.9 Å². The predicted octanol–water partition coefficient (Wildman–Crippen LogP) is 2.29. The summed E-state index contributed by atoms with van der Waals surface area (Å²) >= 11 is 0. The average Bonchev–Trinajstić information content (AvgIpc) is 2.76. The van der Waals surface area contributed by atoms with Gasteiger partial charge in [-0.15, -0.1) is 0 Å². The first-order valence-corrected chi connectivity index (χ1v) is 12.0. The number of hydrogen-bond acceptors (Lipinski definition) is 8. The summed E-state index contributed by atoms with van der Waals surface area (Å²) in [5, 5.41) is 10.5. The summed E-state index contributed by atoms with van der Waals surface area (Å²) in [6.45, 7) is 7.31. The van der Waals surface area contributed by atoms with E-state index >= 15 is 0 Å². The molecule has 1 saturated heterocycles. The fourth-order valence-electron chi connectivity index (χ4n) is 3.73. The minimum Gasteiger partial charge on any atom is -0.378 e. The smallest absolute Gasteiger partial charge is 0.269 e. The summed E-state index contributed by atoms with van der Waals surface area (Å²) in [5.74, 6) is 1.36. The number of methoxy groups -OCH3 is 1. The lowest BCUT2D eigenvalue weighted by molar-refractivity contribution is -0.384. The summed E-state index contributed by atoms with van der Waals surface area (Å²) in [6.07, 6.45) is 0.483. The monoisotopic (exact) mass is 463 g/mol. The van der Waals surface area contributed by atoms with Gasteiger partial charge in [-0.1, -0.05) is 12.1 Å². The SMILES string of the molecule is COCc1nc(C)nc(N2CCN(S(=O)(=O)C(C)C)CC2)c1Cc1ccc([N+](=O)[O-])cc1. The van der Waals surface area contributed by atoms with Crippen molar-refractivity contribution >= 4 is 21.5 Å². The van der Waals surface area contributed by atoms with Gasteiger partial charge in [-0.05, 0) is 26.3 Å². The number of nitro groups is 1. The van der Waals surface area contributed by atoms with Gasteiger partial charge < -0.3 is 9.64 Å². The Morgan fingerprint density at radius 3 is 2.28 bits per heavy atom. The van der Waals surface area contributed by atoms with Crippen molar-refractivity contribution in [1.29, 1.82) is 0 Å². The van der Waals surface area contributed by atoms with Crippen LogP contribution in [0.3, 0.4) is 0 Å². The van der Waals surface area contributed by atoms with E-state index in [9.17, 15) is 18.5 Å². The van der Waals surface area contributed by atoms with Gasteiger partial charge in [0.2, 0.25) is 10.0 Å². The number of nitrogens with zero attached hydrogens (tertiary/aromatic N) is 5. The summed E-state index contributed by atoms with van der Waals surface area (Å²) in [7, 11) is -1.70. The number of ether oxygens (including phenoxy) is 1. The number of aryl methyl sites for hydroxylation is 1. The van der Waals surface area contributed by atoms with Crippen LogP contribution < -0.4 is 4.90 Å². The zero-order chi connectivity index (χ0) is 23.5. The van der Waals surface area contributed by atoms with E-state index in [-0.39, 0.29) is 5.69 Å². The molecule has 0 N–H and O–H groups in total. The van der Waals surface area contributed by atoms with E-state index in [1.807, 2.05) is 6.92 Å². The zero-order valence-corrected chi connectivity index (χ0v) is 19.6. The van der Waals surface area contributed by atoms with Crippen molar-refractivity contribution in [1.82, 2.24) is 14.3 Å². The van der Waals surface area contributed by atoms with Crippen molar-refractivity contribution in [3.63, 3.8) is 0 Å². The molecule has 0 spiro atoms. The highest BCUT2D eigenvalue weighted by Gasteiger charge is 2.31. The van der Waals surface area contributed by atoms with Gasteiger partial charge >= 0.3 is 0 Å². The molecule has 1 aromatic heterocycles. The van der Waals surface area contributed by atoms with Crippen molar-refractivity contribution in [2.75, 3.05) is 38.2 Å². The first-order chi connectivity index (χ1) is 15.1. The number of aromatic nitrogens is 2. The van der Waals surface area contributed by atoms with Crippen molar-refractivity contribution in [3.05, 3.63) is 57.0 Å². The van der Waals surface area contributed by atoms with Crippen LogP contribution in [0, 0.1) is 17.0 Å². The Labute approximate surface area is 188 Å². The molecule has 1 aliphatic rings. The number of nitro benzene ring substituents is 1. The van der Waals surface area contributed by atoms with Crippen molar-refractivity contribution in [3.8, 4) is 0 Å². The molecule has 10 nitrogen and oxygen atoms in total. The second kappa shape index (κ2) is 9.88. The maximum atomic E-state index is 12.5. The standard InChI is InChI=1S/C21H29N5O5S/c1-15(2)32(29,30)25-11-9-24(10-12-25)21-19(20(14-31-4)22-16(3)23-21)13-17-5-7-18(8-6-17)26(27)28/h5-8,15H,9-14H2,1-4H3. The molecule has 2 heterocycles. The molecule has 32 heavy (non-hydrogen) atoms. The van der Waals surface area contributed by atoms with Crippen LogP contribution >= 0.6 is 0 Å². The Morgan fingerprint density at radius 1 is 1.12 bits per heavy atom. The highest BCUT2D eigenvalue weighted by Crippen LogP contribution is 2.27. The summed E-state index contributed by atoms with van der Waals surface area (Å²) in [4.78, 5) is 21.9. The summed E-state index contributed by atoms with van der Waals surface area (Å²) in [5.41, 5.74) is 2.56. The topological polar surface area (TPSA) is 119 Å². The Kier molecular flexibility index (Phi) is 7.42. The van der Waals surface area contributed by atoms with E-state index in [4.69, 9.17) is 4.74 Å². The third-order valence-corrected chi connectivity index (χ3v) is 7.76. The lowest BCUT2D eigenvalue weighted by Gasteiger charge is -2.36. The predicted molar refractivity (Wildman–Crippen MR) is 121 cm³/mol. The second-order valence-corrected chi connectivity index (χ2v) is 10.5. The fraction of sp³-hybridized carbons (Fsp3) is 0.524. The number of rotatable bonds is 8. The Bertz CT molecular complexity index is 1060. The first-order valence-electron chi connectivity index (χ1n) is 10.5. The van der Waals surface area contributed by atoms with Crippen LogP contribution in [0.15, 0.2) is 24.3 Å². The van der Waals surface area contributed by atoms with Crippen LogP contribution in [0.25, 0.3) is 0 Å². The molecule has 0 unspecified atom stereocenters. The van der Waals surface area contributed by atoms with Gasteiger partial charge in [-0.25, -0.2) is 18.4 Å². The van der Waals surface area contributed by atoms with Crippen molar-refractivity contribution in [2.45, 2.75) is 39.0 Å². The molecule has 1 aromatic carbocycles. The number of non-ortho nitro benzene ring substituents is 1. The first kappa shape index (κ1) is 24.0. The zero-order valence-electron chi connectivity index (χ0n) is 18.8. The summed E-state index contributed by atoms with van der Waals surface area (Å²) < 4.78 is 31.9. The molecule has 0 bridgehead atoms. The Morgan fingerprint density at radius 2 is 1.75 bits per heavy atom. The number of piperazine rings is 1. The molecule has 1 fully saturated rings. The average molecular weight is 464 g/mol. The van der Waals surface area contributed by atoms with Crippen LogP contribution in [-0.2, 0) is 27.8 Å². The molecule has 0 amide bonds. The molecular formula is C21H29N5O5S. The number of benzene rings is 1. The molecule has 1 aliphatic heterocycles. The highest BCUT2D eigenvalue weighted by molar-refractivity contribution is 7.89. The van der Waals surface area contributed by atoms with Gasteiger partial charge in [-0.3, -0.25) is 10.1 Å². The third kappa shape index (κ3) is 5.22. The van der Waals surface area contributed by atoms with Gasteiger partial charge in [0.15, 0.2) is 0 Å². The van der Waals surface area contributed by atoms with E-state index in [1.165, 1.54) is 16.4 Å². The molecule has 0 radical (unpaired) electrons. The highest BCUT2D eigenvalue weighted by atomic mass is 32.2. The van der Waals surface area contributed by atoms with Gasteiger partial charge in [0.25, 0.3) is 5.69 Å². The number of anilines is 1. The van der Waals surface area contributed by atoms with E-state index in [1.54, 1.807) is 33.1 Å². The fourth-order valence-corrected chi connectivity index (χ4v) is 5.00. The van der Waals surface area contributed by atoms with Gasteiger partial charge in [0, 0.05) is 57.4 Å². The molecule has 3 rings (SSSR count). The third-order valence-electron chi connectivity index (χ3n) is 5.49. The molecule has 174 valence electrons. The van der Waals surface area contributed by atoms with Crippen LogP contribution in [0.4, 0.5) is 11.5 Å². The maximum Gasteiger partial charge on any atom is 0.269 e.